The summed E-state index contributed by atoms with van der Waals surface area (Å²) in [6.07, 6.45) is 2.91. The normalized spacial score (nSPS) is 42.8. The van der Waals surface area contributed by atoms with Gasteiger partial charge in [0.25, 0.3) is 0 Å². The molecular formula is C10H15BrO2. The van der Waals surface area contributed by atoms with Crippen molar-refractivity contribution in [1.82, 2.24) is 0 Å². The van der Waals surface area contributed by atoms with Gasteiger partial charge in [0.1, 0.15) is 6.10 Å². The highest BCUT2D eigenvalue weighted by atomic mass is 79.9. The van der Waals surface area contributed by atoms with Gasteiger partial charge in [-0.15, -0.1) is 0 Å². The summed E-state index contributed by atoms with van der Waals surface area (Å²) >= 11 is 3.66. The number of allylic oxidation sites excluding steroid dienone is 1. The Morgan fingerprint density at radius 1 is 1.62 bits per heavy atom. The van der Waals surface area contributed by atoms with Gasteiger partial charge >= 0.3 is 0 Å². The molecule has 0 aromatic heterocycles. The molecular weight excluding hydrogens is 232 g/mol. The Hall–Kier alpha value is 0.140. The molecule has 1 aliphatic heterocycles. The third-order valence-corrected chi connectivity index (χ3v) is 4.53. The zero-order valence-corrected chi connectivity index (χ0v) is 9.54. The van der Waals surface area contributed by atoms with Crippen LogP contribution < -0.4 is 0 Å². The van der Waals surface area contributed by atoms with Crippen molar-refractivity contribution in [2.45, 2.75) is 37.3 Å². The molecule has 0 unspecified atom stereocenters. The lowest BCUT2D eigenvalue weighted by atomic mass is 9.78. The summed E-state index contributed by atoms with van der Waals surface area (Å²) in [5.74, 6) is 0. The van der Waals surface area contributed by atoms with Gasteiger partial charge in [0, 0.05) is 4.83 Å². The van der Waals surface area contributed by atoms with E-state index in [1.165, 1.54) is 0 Å². The van der Waals surface area contributed by atoms with Crippen molar-refractivity contribution in [2.75, 3.05) is 6.61 Å². The first-order chi connectivity index (χ1) is 6.00. The fourth-order valence-electron chi connectivity index (χ4n) is 2.02. The third-order valence-electron chi connectivity index (χ3n) is 2.98. The van der Waals surface area contributed by atoms with Crippen LogP contribution in [0.25, 0.3) is 0 Å². The highest BCUT2D eigenvalue weighted by Gasteiger charge is 2.40. The minimum absolute atomic E-state index is 0.126. The van der Waals surface area contributed by atoms with Crippen LogP contribution in [-0.2, 0) is 4.74 Å². The maximum absolute atomic E-state index is 9.63. The van der Waals surface area contributed by atoms with Crippen molar-refractivity contribution in [1.29, 1.82) is 0 Å². The molecule has 1 aliphatic carbocycles. The Balaban J connectivity index is 2.31. The maximum Gasteiger partial charge on any atom is 0.101 e. The fourth-order valence-corrected chi connectivity index (χ4v) is 2.49. The summed E-state index contributed by atoms with van der Waals surface area (Å²) in [5.41, 5.74) is 1.21. The largest absolute Gasteiger partial charge is 0.386 e. The summed E-state index contributed by atoms with van der Waals surface area (Å²) in [5, 5.41) is 9.63. The lowest BCUT2D eigenvalue weighted by Crippen LogP contribution is -2.33. The summed E-state index contributed by atoms with van der Waals surface area (Å²) < 4.78 is 5.48. The zero-order valence-electron chi connectivity index (χ0n) is 7.96. The Labute approximate surface area is 87.1 Å². The predicted octanol–water partition coefficient (Wildman–Crippen LogP) is 1.87. The molecule has 0 bridgehead atoms. The van der Waals surface area contributed by atoms with Gasteiger partial charge in [-0.05, 0) is 17.4 Å². The SMILES string of the molecule is CC1(C)C=C2[C@H](O)CO[C@H]2C[C@H]1Br. The minimum atomic E-state index is -0.371. The highest BCUT2D eigenvalue weighted by Crippen LogP contribution is 2.42. The van der Waals surface area contributed by atoms with Gasteiger partial charge in [-0.25, -0.2) is 0 Å². The molecule has 1 N–H and O–H groups in total. The van der Waals surface area contributed by atoms with Gasteiger partial charge in [0.15, 0.2) is 0 Å². The molecule has 0 spiro atoms. The number of fused-ring (bicyclic) bond motifs is 1. The van der Waals surface area contributed by atoms with E-state index in [0.29, 0.717) is 11.4 Å². The van der Waals surface area contributed by atoms with E-state index in [4.69, 9.17) is 4.74 Å². The summed E-state index contributed by atoms with van der Waals surface area (Å²) in [4.78, 5) is 0.444. The lowest BCUT2D eigenvalue weighted by Gasteiger charge is -2.35. The van der Waals surface area contributed by atoms with E-state index >= 15 is 0 Å². The van der Waals surface area contributed by atoms with Crippen LogP contribution >= 0.6 is 15.9 Å². The number of rotatable bonds is 0. The van der Waals surface area contributed by atoms with Gasteiger partial charge in [0.05, 0.1) is 12.7 Å². The zero-order chi connectivity index (χ0) is 9.64. The molecule has 1 heterocycles. The van der Waals surface area contributed by atoms with Crippen molar-refractivity contribution in [3.05, 3.63) is 11.6 Å². The first-order valence-corrected chi connectivity index (χ1v) is 5.58. The standard InChI is InChI=1S/C10H15BrO2/c1-10(2)4-6-7(12)5-13-8(6)3-9(10)11/h4,7-9,12H,3,5H2,1-2H3/t7-,8+,9-/m1/s1. The van der Waals surface area contributed by atoms with E-state index in [-0.39, 0.29) is 17.6 Å². The molecule has 13 heavy (non-hydrogen) atoms. The Kier molecular flexibility index (Phi) is 2.29. The summed E-state index contributed by atoms with van der Waals surface area (Å²) in [6.45, 7) is 4.83. The number of aliphatic hydroxyl groups is 1. The van der Waals surface area contributed by atoms with Gasteiger partial charge in [-0.3, -0.25) is 0 Å². The number of ether oxygens (including phenoxy) is 1. The topological polar surface area (TPSA) is 29.5 Å². The highest BCUT2D eigenvalue weighted by molar-refractivity contribution is 9.09. The Bertz CT molecular complexity index is 247. The second-order valence-corrected chi connectivity index (χ2v) is 5.61. The Morgan fingerprint density at radius 2 is 2.31 bits per heavy atom. The third kappa shape index (κ3) is 1.58. The van der Waals surface area contributed by atoms with Crippen molar-refractivity contribution >= 4 is 15.9 Å². The molecule has 1 saturated heterocycles. The smallest absolute Gasteiger partial charge is 0.101 e. The van der Waals surface area contributed by atoms with Crippen LogP contribution in [-0.4, -0.2) is 28.7 Å². The van der Waals surface area contributed by atoms with E-state index in [9.17, 15) is 5.11 Å². The predicted molar refractivity (Wildman–Crippen MR) is 54.9 cm³/mol. The number of hydrogen-bond acceptors (Lipinski definition) is 2. The molecule has 0 radical (unpaired) electrons. The second-order valence-electron chi connectivity index (χ2n) is 4.51. The van der Waals surface area contributed by atoms with E-state index < -0.39 is 0 Å². The van der Waals surface area contributed by atoms with E-state index in [1.807, 2.05) is 0 Å². The molecule has 74 valence electrons. The Morgan fingerprint density at radius 3 is 3.00 bits per heavy atom. The van der Waals surface area contributed by atoms with Crippen LogP contribution in [0.2, 0.25) is 0 Å². The number of alkyl halides is 1. The average Bonchev–Trinajstić information content (AvgIpc) is 2.34. The quantitative estimate of drug-likeness (QED) is 0.523. The lowest BCUT2D eigenvalue weighted by molar-refractivity contribution is 0.0810. The van der Waals surface area contributed by atoms with Crippen LogP contribution in [0.15, 0.2) is 11.6 Å². The van der Waals surface area contributed by atoms with E-state index in [0.717, 1.165) is 12.0 Å². The average molecular weight is 247 g/mol. The molecule has 3 atom stereocenters. The summed E-state index contributed by atoms with van der Waals surface area (Å²) in [6, 6.07) is 0. The van der Waals surface area contributed by atoms with Gasteiger partial charge in [-0.2, -0.15) is 0 Å². The first-order valence-electron chi connectivity index (χ1n) is 4.67. The fraction of sp³-hybridized carbons (Fsp3) is 0.800. The molecule has 3 heteroatoms. The summed E-state index contributed by atoms with van der Waals surface area (Å²) in [7, 11) is 0. The van der Waals surface area contributed by atoms with Crippen molar-refractivity contribution in [3.8, 4) is 0 Å². The van der Waals surface area contributed by atoms with E-state index in [1.54, 1.807) is 0 Å². The molecule has 0 amide bonds. The van der Waals surface area contributed by atoms with Gasteiger partial charge in [-0.1, -0.05) is 35.9 Å². The second kappa shape index (κ2) is 3.07. The molecule has 2 rings (SSSR count). The van der Waals surface area contributed by atoms with Crippen LogP contribution in [0.4, 0.5) is 0 Å². The van der Waals surface area contributed by atoms with Gasteiger partial charge in [0.2, 0.25) is 0 Å². The molecule has 0 aromatic carbocycles. The first kappa shape index (κ1) is 9.69. The van der Waals surface area contributed by atoms with Crippen LogP contribution in [0.1, 0.15) is 20.3 Å². The molecule has 1 fully saturated rings. The molecule has 0 saturated carbocycles. The van der Waals surface area contributed by atoms with E-state index in [2.05, 4.69) is 35.9 Å². The number of hydrogen-bond donors (Lipinski definition) is 1. The molecule has 0 aromatic rings. The van der Waals surface area contributed by atoms with Crippen LogP contribution in [0.5, 0.6) is 0 Å². The van der Waals surface area contributed by atoms with Crippen molar-refractivity contribution in [2.24, 2.45) is 5.41 Å². The molecule has 2 nitrogen and oxygen atoms in total. The molecule has 2 aliphatic rings. The minimum Gasteiger partial charge on any atom is -0.386 e. The number of aliphatic hydroxyl groups excluding tert-OH is 1. The number of halogens is 1. The van der Waals surface area contributed by atoms with Crippen molar-refractivity contribution in [3.63, 3.8) is 0 Å². The van der Waals surface area contributed by atoms with Crippen molar-refractivity contribution < 1.29 is 9.84 Å². The van der Waals surface area contributed by atoms with Crippen LogP contribution in [0, 0.1) is 5.41 Å². The van der Waals surface area contributed by atoms with Crippen LogP contribution in [0.3, 0.4) is 0 Å². The van der Waals surface area contributed by atoms with Gasteiger partial charge < -0.3 is 9.84 Å². The monoisotopic (exact) mass is 246 g/mol. The maximum atomic E-state index is 9.63.